The molecule has 0 aliphatic carbocycles. The van der Waals surface area contributed by atoms with Crippen LogP contribution < -0.4 is 9.64 Å². The van der Waals surface area contributed by atoms with Crippen molar-refractivity contribution in [3.63, 3.8) is 0 Å². The zero-order chi connectivity index (χ0) is 19.4. The minimum Gasteiger partial charge on any atom is -0.497 e. The maximum absolute atomic E-state index is 5.39. The van der Waals surface area contributed by atoms with Gasteiger partial charge in [0.2, 0.25) is 0 Å². The molecule has 0 N–H and O–H groups in total. The first kappa shape index (κ1) is 17.3. The predicted molar refractivity (Wildman–Crippen MR) is 117 cm³/mol. The number of piperidine rings is 3. The van der Waals surface area contributed by atoms with Gasteiger partial charge in [-0.2, -0.15) is 0 Å². The Balaban J connectivity index is 1.41. The summed E-state index contributed by atoms with van der Waals surface area (Å²) < 4.78 is 5.39. The van der Waals surface area contributed by atoms with Crippen LogP contribution in [0, 0.1) is 5.92 Å². The fraction of sp³-hybridized carbons (Fsp3) is 0.400. The molecule has 2 aromatic carbocycles. The van der Waals surface area contributed by atoms with Crippen molar-refractivity contribution in [2.24, 2.45) is 5.92 Å². The molecule has 0 unspecified atom stereocenters. The molecule has 0 amide bonds. The minimum atomic E-state index is 0.516. The number of hydrogen-bond acceptors (Lipinski definition) is 4. The van der Waals surface area contributed by atoms with E-state index in [2.05, 4.69) is 70.5 Å². The molecule has 3 atom stereocenters. The number of methoxy groups -OCH3 is 1. The van der Waals surface area contributed by atoms with Crippen molar-refractivity contribution in [1.29, 1.82) is 0 Å². The average Bonchev–Trinajstić information content (AvgIpc) is 3.22. The van der Waals surface area contributed by atoms with E-state index in [1.807, 2.05) is 0 Å². The standard InChI is InChI=1S/C25H27N3O/c1-29-20-9-6-17(7-10-20)21-16-28(24-19-12-14-27(15-13-19)25(21)24)23-11-8-18-4-2-3-5-22(18)26-23/h2-11,19,21,24-25H,12-16H2,1H3/t21-,24+,25+/m0/s1. The van der Waals surface area contributed by atoms with Crippen LogP contribution in [0.5, 0.6) is 5.75 Å². The lowest BCUT2D eigenvalue weighted by Gasteiger charge is -2.51. The number of pyridine rings is 1. The zero-order valence-corrected chi connectivity index (χ0v) is 16.9. The van der Waals surface area contributed by atoms with E-state index in [0.29, 0.717) is 18.0 Å². The first-order valence-electron chi connectivity index (χ1n) is 10.8. The summed E-state index contributed by atoms with van der Waals surface area (Å²) in [4.78, 5) is 10.5. The molecule has 0 radical (unpaired) electrons. The lowest BCUT2D eigenvalue weighted by molar-refractivity contribution is 0.0354. The fourth-order valence-electron chi connectivity index (χ4n) is 6.04. The van der Waals surface area contributed by atoms with Crippen LogP contribution in [0.15, 0.2) is 60.7 Å². The molecule has 4 saturated heterocycles. The number of ether oxygens (including phenoxy) is 1. The summed E-state index contributed by atoms with van der Waals surface area (Å²) in [5.41, 5.74) is 2.52. The molecule has 4 fully saturated rings. The van der Waals surface area contributed by atoms with Crippen LogP contribution in [0.2, 0.25) is 0 Å². The number of fused-ring (bicyclic) bond motifs is 3. The van der Waals surface area contributed by atoms with E-state index in [1.165, 1.54) is 36.9 Å². The highest BCUT2D eigenvalue weighted by Gasteiger charge is 2.53. The second kappa shape index (κ2) is 6.74. The number of anilines is 1. The minimum absolute atomic E-state index is 0.516. The van der Waals surface area contributed by atoms with Crippen LogP contribution in [-0.2, 0) is 0 Å². The number of hydrogen-bond donors (Lipinski definition) is 0. The summed E-state index contributed by atoms with van der Waals surface area (Å²) in [5, 5.41) is 1.22. The van der Waals surface area contributed by atoms with Gasteiger partial charge in [-0.1, -0.05) is 30.3 Å². The lowest BCUT2D eigenvalue weighted by Crippen LogP contribution is -2.60. The van der Waals surface area contributed by atoms with E-state index in [1.54, 1.807) is 7.11 Å². The lowest BCUT2D eigenvalue weighted by atomic mass is 9.75. The Kier molecular flexibility index (Phi) is 4.01. The molecule has 4 aliphatic rings. The molecule has 7 rings (SSSR count). The number of rotatable bonds is 3. The van der Waals surface area contributed by atoms with Gasteiger partial charge in [0.1, 0.15) is 11.6 Å². The Morgan fingerprint density at radius 1 is 0.897 bits per heavy atom. The van der Waals surface area contributed by atoms with Crippen LogP contribution in [0.25, 0.3) is 10.9 Å². The predicted octanol–water partition coefficient (Wildman–Crippen LogP) is 4.31. The normalized spacial score (nSPS) is 30.5. The van der Waals surface area contributed by atoms with Crippen molar-refractivity contribution in [3.05, 3.63) is 66.2 Å². The van der Waals surface area contributed by atoms with Crippen LogP contribution in [0.3, 0.4) is 0 Å². The van der Waals surface area contributed by atoms with Crippen molar-refractivity contribution < 1.29 is 4.74 Å². The molecule has 148 valence electrons. The van der Waals surface area contributed by atoms with Gasteiger partial charge in [0.25, 0.3) is 0 Å². The smallest absolute Gasteiger partial charge is 0.129 e. The molecule has 29 heavy (non-hydrogen) atoms. The van der Waals surface area contributed by atoms with Gasteiger partial charge in [-0.25, -0.2) is 4.98 Å². The molecule has 5 heterocycles. The molecule has 4 heteroatoms. The third-order valence-electron chi connectivity index (χ3n) is 7.42. The second-order valence-corrected chi connectivity index (χ2v) is 8.75. The highest BCUT2D eigenvalue weighted by Crippen LogP contribution is 2.47. The van der Waals surface area contributed by atoms with Gasteiger partial charge in [-0.15, -0.1) is 0 Å². The molecular formula is C25H27N3O. The van der Waals surface area contributed by atoms with E-state index in [-0.39, 0.29) is 0 Å². The Hall–Kier alpha value is -2.59. The third kappa shape index (κ3) is 2.73. The largest absolute Gasteiger partial charge is 0.497 e. The molecule has 4 nitrogen and oxygen atoms in total. The summed E-state index contributed by atoms with van der Waals surface area (Å²) in [6.45, 7) is 3.54. The van der Waals surface area contributed by atoms with Crippen molar-refractivity contribution >= 4 is 16.7 Å². The highest BCUT2D eigenvalue weighted by atomic mass is 16.5. The van der Waals surface area contributed by atoms with Crippen molar-refractivity contribution in [3.8, 4) is 5.75 Å². The summed E-state index contributed by atoms with van der Waals surface area (Å²) in [5.74, 6) is 3.37. The quantitative estimate of drug-likeness (QED) is 0.672. The molecule has 0 saturated carbocycles. The third-order valence-corrected chi connectivity index (χ3v) is 7.42. The maximum atomic E-state index is 5.39. The Morgan fingerprint density at radius 3 is 2.48 bits per heavy atom. The summed E-state index contributed by atoms with van der Waals surface area (Å²) >= 11 is 0. The van der Waals surface area contributed by atoms with Crippen LogP contribution >= 0.6 is 0 Å². The highest BCUT2D eigenvalue weighted by molar-refractivity contribution is 5.80. The number of aromatic nitrogens is 1. The van der Waals surface area contributed by atoms with Crippen LogP contribution in [0.1, 0.15) is 24.3 Å². The van der Waals surface area contributed by atoms with Gasteiger partial charge >= 0.3 is 0 Å². The van der Waals surface area contributed by atoms with E-state index in [9.17, 15) is 0 Å². The number of para-hydroxylation sites is 1. The van der Waals surface area contributed by atoms with Gasteiger partial charge in [0, 0.05) is 29.9 Å². The van der Waals surface area contributed by atoms with Gasteiger partial charge < -0.3 is 9.64 Å². The molecule has 0 spiro atoms. The molecular weight excluding hydrogens is 358 g/mol. The second-order valence-electron chi connectivity index (χ2n) is 8.75. The molecule has 1 aromatic heterocycles. The topological polar surface area (TPSA) is 28.6 Å². The van der Waals surface area contributed by atoms with E-state index >= 15 is 0 Å². The Labute approximate surface area is 172 Å². The van der Waals surface area contributed by atoms with Crippen LogP contribution in [0.4, 0.5) is 5.82 Å². The van der Waals surface area contributed by atoms with Gasteiger partial charge in [-0.05, 0) is 67.7 Å². The number of nitrogens with zero attached hydrogens (tertiary/aromatic N) is 3. The first-order chi connectivity index (χ1) is 14.3. The molecule has 4 aliphatic heterocycles. The van der Waals surface area contributed by atoms with E-state index < -0.39 is 0 Å². The van der Waals surface area contributed by atoms with Gasteiger partial charge in [0.05, 0.1) is 12.6 Å². The summed E-state index contributed by atoms with van der Waals surface area (Å²) in [6.07, 6.45) is 2.64. The summed E-state index contributed by atoms with van der Waals surface area (Å²) in [6, 6.07) is 22.8. The van der Waals surface area contributed by atoms with Crippen molar-refractivity contribution in [2.75, 3.05) is 31.6 Å². The van der Waals surface area contributed by atoms with E-state index in [0.717, 1.165) is 29.5 Å². The monoisotopic (exact) mass is 385 g/mol. The Bertz CT molecular complexity index is 1030. The van der Waals surface area contributed by atoms with E-state index in [4.69, 9.17) is 9.72 Å². The maximum Gasteiger partial charge on any atom is 0.129 e. The fourth-order valence-corrected chi connectivity index (χ4v) is 6.04. The Morgan fingerprint density at radius 2 is 1.69 bits per heavy atom. The van der Waals surface area contributed by atoms with Gasteiger partial charge in [0.15, 0.2) is 0 Å². The summed E-state index contributed by atoms with van der Waals surface area (Å²) in [7, 11) is 1.74. The number of benzene rings is 2. The van der Waals surface area contributed by atoms with Crippen LogP contribution in [-0.4, -0.2) is 48.7 Å². The van der Waals surface area contributed by atoms with Gasteiger partial charge in [-0.3, -0.25) is 4.90 Å². The van der Waals surface area contributed by atoms with Crippen molar-refractivity contribution in [2.45, 2.75) is 30.8 Å². The zero-order valence-electron chi connectivity index (χ0n) is 16.9. The average molecular weight is 386 g/mol. The van der Waals surface area contributed by atoms with Crippen molar-refractivity contribution in [1.82, 2.24) is 9.88 Å². The SMILES string of the molecule is COc1ccc([C@@H]2CN(c3ccc4ccccc4n3)[C@@H]3C4CCN(CC4)[C@@H]32)cc1. The first-order valence-corrected chi connectivity index (χ1v) is 10.8. The molecule has 2 bridgehead atoms. The molecule has 3 aromatic rings.